The van der Waals surface area contributed by atoms with Crippen molar-refractivity contribution in [2.24, 2.45) is 0 Å². The molecule has 0 aromatic carbocycles. The number of aliphatic carboxylic acids is 1. The lowest BCUT2D eigenvalue weighted by atomic mass is 10.2. The zero-order chi connectivity index (χ0) is 14.6. The van der Waals surface area contributed by atoms with E-state index >= 15 is 0 Å². The Morgan fingerprint density at radius 1 is 1.47 bits per heavy atom. The van der Waals surface area contributed by atoms with Crippen molar-refractivity contribution >= 4 is 17.8 Å². The number of carboxylic acids is 1. The Morgan fingerprint density at radius 3 is 2.53 bits per heavy atom. The Hall–Kier alpha value is -1.63. The van der Waals surface area contributed by atoms with Crippen molar-refractivity contribution in [2.45, 2.75) is 31.4 Å². The molecular formula is C12H21N2O5+. The fourth-order valence-electron chi connectivity index (χ4n) is 1.99. The lowest BCUT2D eigenvalue weighted by Gasteiger charge is -2.28. The molecule has 0 aliphatic carbocycles. The average Bonchev–Trinajstić information content (AvgIpc) is 2.60. The Labute approximate surface area is 112 Å². The van der Waals surface area contributed by atoms with Gasteiger partial charge >= 0.3 is 11.9 Å². The first-order valence-corrected chi connectivity index (χ1v) is 6.19. The van der Waals surface area contributed by atoms with Crippen molar-refractivity contribution in [1.82, 2.24) is 5.32 Å². The molecule has 0 bridgehead atoms. The highest BCUT2D eigenvalue weighted by atomic mass is 16.5. The molecule has 7 heteroatoms. The van der Waals surface area contributed by atoms with Crippen molar-refractivity contribution in [3.8, 4) is 0 Å². The Bertz CT molecular complexity index is 375. The molecule has 19 heavy (non-hydrogen) atoms. The summed E-state index contributed by atoms with van der Waals surface area (Å²) in [6.45, 7) is 0.401. The summed E-state index contributed by atoms with van der Waals surface area (Å²) in [5.74, 6) is -1.74. The number of hydrogen-bond acceptors (Lipinski definition) is 4. The van der Waals surface area contributed by atoms with E-state index in [-0.39, 0.29) is 12.3 Å². The van der Waals surface area contributed by atoms with E-state index < -0.39 is 24.1 Å². The lowest BCUT2D eigenvalue weighted by Crippen LogP contribution is -2.45. The topological polar surface area (TPSA) is 92.7 Å². The van der Waals surface area contributed by atoms with Crippen molar-refractivity contribution in [1.29, 1.82) is 0 Å². The van der Waals surface area contributed by atoms with E-state index in [1.807, 2.05) is 21.1 Å². The van der Waals surface area contributed by atoms with Crippen LogP contribution in [-0.2, 0) is 19.1 Å². The van der Waals surface area contributed by atoms with Crippen molar-refractivity contribution in [3.63, 3.8) is 0 Å². The van der Waals surface area contributed by atoms with E-state index in [0.29, 0.717) is 23.9 Å². The second-order valence-electron chi connectivity index (χ2n) is 5.79. The number of carboxylic acid groups (broad SMARTS) is 1. The fourth-order valence-corrected chi connectivity index (χ4v) is 1.99. The van der Waals surface area contributed by atoms with Crippen molar-refractivity contribution in [2.75, 3.05) is 27.7 Å². The number of esters is 1. The van der Waals surface area contributed by atoms with Gasteiger partial charge in [0.05, 0.1) is 27.6 Å². The van der Waals surface area contributed by atoms with Gasteiger partial charge in [-0.2, -0.15) is 0 Å². The van der Waals surface area contributed by atoms with Crippen LogP contribution >= 0.6 is 0 Å². The van der Waals surface area contributed by atoms with Crippen molar-refractivity contribution < 1.29 is 28.7 Å². The molecule has 2 N–H and O–H groups in total. The van der Waals surface area contributed by atoms with Crippen LogP contribution in [0.1, 0.15) is 19.3 Å². The van der Waals surface area contributed by atoms with Crippen LogP contribution < -0.4 is 5.32 Å². The predicted octanol–water partition coefficient (Wildman–Crippen LogP) is -0.642. The smallest absolute Gasteiger partial charge is 0.329 e. The summed E-state index contributed by atoms with van der Waals surface area (Å²) in [4.78, 5) is 33.6. The van der Waals surface area contributed by atoms with Crippen LogP contribution in [0, 0.1) is 0 Å². The van der Waals surface area contributed by atoms with Gasteiger partial charge < -0.3 is 19.6 Å². The average molecular weight is 273 g/mol. The molecule has 108 valence electrons. The minimum atomic E-state index is -1.01. The number of ether oxygens (including phenoxy) is 1. The van der Waals surface area contributed by atoms with E-state index in [0.717, 1.165) is 0 Å². The molecule has 0 aromatic heterocycles. The number of carbonyl (C=O) groups excluding carboxylic acids is 2. The molecule has 0 aromatic rings. The van der Waals surface area contributed by atoms with Gasteiger partial charge in [0, 0.05) is 6.42 Å². The molecular weight excluding hydrogens is 252 g/mol. The first-order chi connectivity index (χ1) is 8.67. The number of quaternary nitrogens is 1. The van der Waals surface area contributed by atoms with E-state index in [2.05, 4.69) is 5.32 Å². The molecule has 0 radical (unpaired) electrons. The number of carbonyl (C=O) groups is 3. The molecule has 1 heterocycles. The first kappa shape index (κ1) is 15.4. The molecule has 7 nitrogen and oxygen atoms in total. The second-order valence-corrected chi connectivity index (χ2v) is 5.79. The van der Waals surface area contributed by atoms with Gasteiger partial charge in [0.25, 0.3) is 0 Å². The van der Waals surface area contributed by atoms with Gasteiger partial charge in [0.15, 0.2) is 6.10 Å². The third-order valence-electron chi connectivity index (χ3n) is 2.72. The second kappa shape index (κ2) is 6.01. The molecule has 2 atom stereocenters. The minimum Gasteiger partial charge on any atom is -0.481 e. The van der Waals surface area contributed by atoms with Crippen LogP contribution in [0.15, 0.2) is 0 Å². The fraction of sp³-hybridized carbons (Fsp3) is 0.750. The summed E-state index contributed by atoms with van der Waals surface area (Å²) in [5, 5.41) is 11.3. The molecule has 1 aliphatic heterocycles. The molecule has 0 saturated carbocycles. The van der Waals surface area contributed by atoms with Gasteiger partial charge in [-0.25, -0.2) is 4.79 Å². The maximum Gasteiger partial charge on any atom is 0.329 e. The Morgan fingerprint density at radius 2 is 2.11 bits per heavy atom. The summed E-state index contributed by atoms with van der Waals surface area (Å²) < 4.78 is 5.71. The maximum absolute atomic E-state index is 11.8. The van der Waals surface area contributed by atoms with Crippen molar-refractivity contribution in [3.05, 3.63) is 0 Å². The van der Waals surface area contributed by atoms with Crippen LogP contribution in [0.25, 0.3) is 0 Å². The van der Waals surface area contributed by atoms with Gasteiger partial charge in [0.2, 0.25) is 5.91 Å². The monoisotopic (exact) mass is 273 g/mol. The number of rotatable bonds is 6. The van der Waals surface area contributed by atoms with E-state index in [1.165, 1.54) is 0 Å². The number of nitrogens with one attached hydrogen (secondary N) is 1. The van der Waals surface area contributed by atoms with E-state index in [9.17, 15) is 14.4 Å². The molecule has 1 unspecified atom stereocenters. The summed E-state index contributed by atoms with van der Waals surface area (Å²) in [5.41, 5.74) is 0. The SMILES string of the molecule is C[N+](C)(C)CC(CC(=O)O)OC(=O)[C@@H]1CCC(=O)N1. The van der Waals surface area contributed by atoms with Gasteiger partial charge in [-0.1, -0.05) is 0 Å². The van der Waals surface area contributed by atoms with Gasteiger partial charge in [0.1, 0.15) is 12.6 Å². The summed E-state index contributed by atoms with van der Waals surface area (Å²) in [6, 6.07) is -0.642. The molecule has 1 rings (SSSR count). The molecule has 0 spiro atoms. The van der Waals surface area contributed by atoms with E-state index in [1.54, 1.807) is 0 Å². The molecule has 1 saturated heterocycles. The predicted molar refractivity (Wildman–Crippen MR) is 66.2 cm³/mol. The first-order valence-electron chi connectivity index (χ1n) is 6.19. The quantitative estimate of drug-likeness (QED) is 0.496. The number of amides is 1. The molecule has 1 aliphatic rings. The number of nitrogens with zero attached hydrogens (tertiary/aromatic N) is 1. The highest BCUT2D eigenvalue weighted by molar-refractivity contribution is 5.88. The summed E-state index contributed by atoms with van der Waals surface area (Å²) in [6.07, 6.45) is -0.217. The van der Waals surface area contributed by atoms with Crippen LogP contribution in [0.5, 0.6) is 0 Å². The molecule has 1 amide bonds. The standard InChI is InChI=1S/C12H20N2O5/c1-14(2,3)7-8(6-11(16)17)19-12(18)9-4-5-10(15)13-9/h8-9H,4-7H2,1-3H3,(H-,13,15,16,17)/p+1/t8?,9-/m0/s1. The van der Waals surface area contributed by atoms with Crippen LogP contribution in [0.4, 0.5) is 0 Å². The maximum atomic E-state index is 11.8. The van der Waals surface area contributed by atoms with Gasteiger partial charge in [-0.05, 0) is 6.42 Å². The summed E-state index contributed by atoms with van der Waals surface area (Å²) >= 11 is 0. The number of likely N-dealkylation sites (N-methyl/N-ethyl adjacent to an activating group) is 1. The van der Waals surface area contributed by atoms with Crippen LogP contribution in [0.2, 0.25) is 0 Å². The van der Waals surface area contributed by atoms with Gasteiger partial charge in [-0.3, -0.25) is 9.59 Å². The highest BCUT2D eigenvalue weighted by Gasteiger charge is 2.32. The third-order valence-corrected chi connectivity index (χ3v) is 2.72. The minimum absolute atomic E-state index is 0.177. The third kappa shape index (κ3) is 5.69. The zero-order valence-electron chi connectivity index (χ0n) is 11.5. The van der Waals surface area contributed by atoms with Crippen LogP contribution in [-0.4, -0.2) is 67.3 Å². The Kier molecular flexibility index (Phi) is 4.88. The molecule has 1 fully saturated rings. The van der Waals surface area contributed by atoms with Gasteiger partial charge in [-0.15, -0.1) is 0 Å². The highest BCUT2D eigenvalue weighted by Crippen LogP contribution is 2.12. The largest absolute Gasteiger partial charge is 0.481 e. The number of hydrogen-bond donors (Lipinski definition) is 2. The summed E-state index contributed by atoms with van der Waals surface area (Å²) in [7, 11) is 5.67. The van der Waals surface area contributed by atoms with Crippen LogP contribution in [0.3, 0.4) is 0 Å². The zero-order valence-corrected chi connectivity index (χ0v) is 11.5. The normalized spacial score (nSPS) is 20.8. The Balaban J connectivity index is 2.58. The van der Waals surface area contributed by atoms with E-state index in [4.69, 9.17) is 9.84 Å². The lowest BCUT2D eigenvalue weighted by molar-refractivity contribution is -0.873.